The van der Waals surface area contributed by atoms with Gasteiger partial charge in [0, 0.05) is 39.0 Å². The molecule has 0 spiro atoms. The van der Waals surface area contributed by atoms with Crippen LogP contribution in [0.2, 0.25) is 0 Å². The third-order valence-corrected chi connectivity index (χ3v) is 4.77. The van der Waals surface area contributed by atoms with Gasteiger partial charge in [0.05, 0.1) is 18.5 Å². The maximum Gasteiger partial charge on any atom is 0.224 e. The lowest BCUT2D eigenvalue weighted by Crippen LogP contribution is -2.52. The highest BCUT2D eigenvalue weighted by atomic mass is 16.5. The van der Waals surface area contributed by atoms with E-state index >= 15 is 0 Å². The number of carbonyl (C=O) groups is 1. The van der Waals surface area contributed by atoms with Crippen LogP contribution in [0.4, 0.5) is 0 Å². The maximum absolute atomic E-state index is 12.8. The topological polar surface area (TPSA) is 47.4 Å². The van der Waals surface area contributed by atoms with E-state index in [1.807, 2.05) is 33.9 Å². The molecule has 1 aromatic heterocycles. The predicted octanol–water partition coefficient (Wildman–Crippen LogP) is 2.52. The molecule has 0 bridgehead atoms. The van der Waals surface area contributed by atoms with Crippen molar-refractivity contribution in [1.82, 2.24) is 14.5 Å². The van der Waals surface area contributed by atoms with E-state index in [0.29, 0.717) is 13.0 Å². The van der Waals surface area contributed by atoms with Crippen LogP contribution >= 0.6 is 0 Å². The predicted molar refractivity (Wildman–Crippen MR) is 92.5 cm³/mol. The minimum atomic E-state index is 0.108. The van der Waals surface area contributed by atoms with Crippen molar-refractivity contribution >= 4 is 5.91 Å². The van der Waals surface area contributed by atoms with Gasteiger partial charge in [0.1, 0.15) is 0 Å². The number of aromatic nitrogens is 2. The maximum atomic E-state index is 12.8. The number of amides is 1. The van der Waals surface area contributed by atoms with E-state index in [4.69, 9.17) is 4.74 Å². The fourth-order valence-corrected chi connectivity index (χ4v) is 3.49. The molecule has 2 atom stereocenters. The monoisotopic (exact) mass is 327 g/mol. The zero-order chi connectivity index (χ0) is 16.8. The highest BCUT2D eigenvalue weighted by Crippen LogP contribution is 2.24. The Hall–Kier alpha value is -2.14. The Labute approximate surface area is 143 Å². The number of nitrogens with zero attached hydrogens (tertiary/aromatic N) is 3. The van der Waals surface area contributed by atoms with Crippen LogP contribution in [-0.4, -0.2) is 46.2 Å². The Morgan fingerprint density at radius 2 is 2.17 bits per heavy atom. The number of likely N-dealkylation sites (tertiary alicyclic amines) is 1. The summed E-state index contributed by atoms with van der Waals surface area (Å²) < 4.78 is 7.64. The molecule has 5 heteroatoms. The summed E-state index contributed by atoms with van der Waals surface area (Å²) in [6.07, 6.45) is 8.85. The smallest absolute Gasteiger partial charge is 0.224 e. The lowest BCUT2D eigenvalue weighted by Gasteiger charge is -2.41. The third kappa shape index (κ3) is 4.03. The molecule has 1 aromatic carbocycles. The summed E-state index contributed by atoms with van der Waals surface area (Å²) in [5.74, 6) is 0.200. The Morgan fingerprint density at radius 1 is 1.33 bits per heavy atom. The highest BCUT2D eigenvalue weighted by Gasteiger charge is 2.34. The fourth-order valence-electron chi connectivity index (χ4n) is 3.49. The lowest BCUT2D eigenvalue weighted by molar-refractivity contribution is -0.140. The van der Waals surface area contributed by atoms with Gasteiger partial charge in [-0.25, -0.2) is 4.98 Å². The lowest BCUT2D eigenvalue weighted by atomic mass is 9.92. The summed E-state index contributed by atoms with van der Waals surface area (Å²) in [6.45, 7) is 1.49. The number of hydrogen-bond donors (Lipinski definition) is 0. The minimum Gasteiger partial charge on any atom is -0.379 e. The van der Waals surface area contributed by atoms with Gasteiger partial charge in [-0.3, -0.25) is 4.79 Å². The van der Waals surface area contributed by atoms with Gasteiger partial charge >= 0.3 is 0 Å². The molecule has 1 saturated heterocycles. The summed E-state index contributed by atoms with van der Waals surface area (Å²) in [5, 5.41) is 0. The van der Waals surface area contributed by atoms with Crippen LogP contribution in [-0.2, 0) is 22.5 Å². The molecule has 3 rings (SSSR count). The molecular weight excluding hydrogens is 302 g/mol. The van der Waals surface area contributed by atoms with E-state index in [9.17, 15) is 4.79 Å². The molecule has 1 aliphatic rings. The number of imidazole rings is 1. The van der Waals surface area contributed by atoms with E-state index in [1.54, 1.807) is 19.6 Å². The second-order valence-corrected chi connectivity index (χ2v) is 6.31. The van der Waals surface area contributed by atoms with Gasteiger partial charge in [-0.2, -0.15) is 0 Å². The molecule has 0 unspecified atom stereocenters. The van der Waals surface area contributed by atoms with Gasteiger partial charge in [0.2, 0.25) is 5.91 Å². The highest BCUT2D eigenvalue weighted by molar-refractivity contribution is 5.76. The first-order chi connectivity index (χ1) is 11.8. The number of hydrogen-bond acceptors (Lipinski definition) is 3. The third-order valence-electron chi connectivity index (χ3n) is 4.77. The number of ether oxygens (including phenoxy) is 1. The number of rotatable bonds is 6. The Morgan fingerprint density at radius 3 is 2.88 bits per heavy atom. The minimum absolute atomic E-state index is 0.108. The number of aryl methyl sites for hydroxylation is 1. The number of piperidine rings is 1. The average molecular weight is 327 g/mol. The van der Waals surface area contributed by atoms with Gasteiger partial charge in [-0.05, 0) is 24.8 Å². The molecule has 0 saturated carbocycles. The second-order valence-electron chi connectivity index (χ2n) is 6.31. The molecule has 0 aliphatic carbocycles. The Bertz CT molecular complexity index is 627. The van der Waals surface area contributed by atoms with Crippen molar-refractivity contribution in [3.63, 3.8) is 0 Å². The second kappa shape index (κ2) is 8.11. The van der Waals surface area contributed by atoms with Gasteiger partial charge < -0.3 is 14.2 Å². The summed E-state index contributed by atoms with van der Waals surface area (Å²) in [5.41, 5.74) is 1.25. The zero-order valence-electron chi connectivity index (χ0n) is 14.2. The van der Waals surface area contributed by atoms with Crippen LogP contribution in [0.1, 0.15) is 24.8 Å². The SMILES string of the molecule is CO[C@H]1CCCN(C(=O)CCn2ccnc2)[C@H]1Cc1ccccc1. The molecule has 1 aliphatic heterocycles. The largest absolute Gasteiger partial charge is 0.379 e. The van der Waals surface area contributed by atoms with E-state index < -0.39 is 0 Å². The number of methoxy groups -OCH3 is 1. The van der Waals surface area contributed by atoms with E-state index in [2.05, 4.69) is 17.1 Å². The van der Waals surface area contributed by atoms with Gasteiger partial charge in [0.25, 0.3) is 0 Å². The van der Waals surface area contributed by atoms with E-state index in [-0.39, 0.29) is 18.1 Å². The van der Waals surface area contributed by atoms with Crippen LogP contribution < -0.4 is 0 Å². The summed E-state index contributed by atoms with van der Waals surface area (Å²) in [7, 11) is 1.75. The van der Waals surface area contributed by atoms with Crippen LogP contribution in [0, 0.1) is 0 Å². The zero-order valence-corrected chi connectivity index (χ0v) is 14.2. The normalized spacial score (nSPS) is 21.0. The van der Waals surface area contributed by atoms with Crippen molar-refractivity contribution in [2.24, 2.45) is 0 Å². The molecule has 2 aromatic rings. The number of benzene rings is 1. The van der Waals surface area contributed by atoms with E-state index in [0.717, 1.165) is 25.8 Å². The first-order valence-corrected chi connectivity index (χ1v) is 8.60. The Balaban J connectivity index is 1.69. The van der Waals surface area contributed by atoms with Crippen molar-refractivity contribution in [2.45, 2.75) is 44.4 Å². The van der Waals surface area contributed by atoms with Crippen molar-refractivity contribution in [1.29, 1.82) is 0 Å². The fraction of sp³-hybridized carbons (Fsp3) is 0.474. The van der Waals surface area contributed by atoms with Crippen LogP contribution in [0.25, 0.3) is 0 Å². The first kappa shape index (κ1) is 16.7. The molecule has 0 radical (unpaired) electrons. The standard InChI is InChI=1S/C19H25N3O2/c1-24-18-8-5-11-22(17(18)14-16-6-3-2-4-7-16)19(23)9-12-21-13-10-20-15-21/h2-4,6-7,10,13,15,17-18H,5,8-9,11-12,14H2,1H3/t17-,18-/m0/s1. The van der Waals surface area contributed by atoms with Gasteiger partial charge in [0.15, 0.2) is 0 Å². The van der Waals surface area contributed by atoms with Gasteiger partial charge in [-0.15, -0.1) is 0 Å². The summed E-state index contributed by atoms with van der Waals surface area (Å²) in [6, 6.07) is 10.5. The van der Waals surface area contributed by atoms with Gasteiger partial charge in [-0.1, -0.05) is 30.3 Å². The van der Waals surface area contributed by atoms with Crippen molar-refractivity contribution < 1.29 is 9.53 Å². The Kier molecular flexibility index (Phi) is 5.64. The molecule has 1 amide bonds. The quantitative estimate of drug-likeness (QED) is 0.819. The molecular formula is C19H25N3O2. The van der Waals surface area contributed by atoms with Crippen molar-refractivity contribution in [2.75, 3.05) is 13.7 Å². The summed E-state index contributed by atoms with van der Waals surface area (Å²) >= 11 is 0. The molecule has 24 heavy (non-hydrogen) atoms. The number of carbonyl (C=O) groups excluding carboxylic acids is 1. The molecule has 5 nitrogen and oxygen atoms in total. The first-order valence-electron chi connectivity index (χ1n) is 8.60. The van der Waals surface area contributed by atoms with Crippen molar-refractivity contribution in [3.05, 3.63) is 54.6 Å². The van der Waals surface area contributed by atoms with Crippen LogP contribution in [0.3, 0.4) is 0 Å². The molecule has 2 heterocycles. The summed E-state index contributed by atoms with van der Waals surface area (Å²) in [4.78, 5) is 18.8. The van der Waals surface area contributed by atoms with E-state index in [1.165, 1.54) is 5.56 Å². The van der Waals surface area contributed by atoms with Crippen molar-refractivity contribution in [3.8, 4) is 0 Å². The molecule has 1 fully saturated rings. The molecule has 0 N–H and O–H groups in total. The van der Waals surface area contributed by atoms with Crippen LogP contribution in [0.15, 0.2) is 49.1 Å². The van der Waals surface area contributed by atoms with Crippen LogP contribution in [0.5, 0.6) is 0 Å². The average Bonchev–Trinajstić information content (AvgIpc) is 3.14. The molecule has 128 valence electrons.